The van der Waals surface area contributed by atoms with Crippen LogP contribution in [0.1, 0.15) is 27.2 Å². The van der Waals surface area contributed by atoms with E-state index in [1.54, 1.807) is 24.3 Å². The summed E-state index contributed by atoms with van der Waals surface area (Å²) in [6.45, 7) is 7.01. The average Bonchev–Trinajstić information content (AvgIpc) is 2.42. The Bertz CT molecular complexity index is 498. The highest BCUT2D eigenvalue weighted by Gasteiger charge is 2.15. The van der Waals surface area contributed by atoms with E-state index in [0.29, 0.717) is 13.1 Å². The molecule has 0 saturated carbocycles. The topological polar surface area (TPSA) is 69.6 Å². The number of rotatable bonds is 8. The van der Waals surface area contributed by atoms with E-state index in [2.05, 4.69) is 4.72 Å². The lowest BCUT2D eigenvalue weighted by molar-refractivity contribution is 0.299. The minimum absolute atomic E-state index is 0.0658. The largest absolute Gasteiger partial charge is 0.395 e. The second-order valence-electron chi connectivity index (χ2n) is 4.90. The molecule has 0 radical (unpaired) electrons. The van der Waals surface area contributed by atoms with E-state index in [1.807, 2.05) is 25.7 Å². The molecule has 0 aromatic heterocycles. The quantitative estimate of drug-likeness (QED) is 0.765. The van der Waals surface area contributed by atoms with Gasteiger partial charge in [0.05, 0.1) is 11.5 Å². The highest BCUT2D eigenvalue weighted by molar-refractivity contribution is 7.89. The van der Waals surface area contributed by atoms with Crippen molar-refractivity contribution in [3.63, 3.8) is 0 Å². The molecule has 0 atom stereocenters. The van der Waals surface area contributed by atoms with E-state index in [-0.39, 0.29) is 17.5 Å². The molecule has 0 aliphatic carbocycles. The van der Waals surface area contributed by atoms with Gasteiger partial charge in [0.1, 0.15) is 0 Å². The van der Waals surface area contributed by atoms with Gasteiger partial charge in [0.2, 0.25) is 10.0 Å². The lowest BCUT2D eigenvalue weighted by Crippen LogP contribution is -2.33. The van der Waals surface area contributed by atoms with Crippen molar-refractivity contribution in [2.75, 3.05) is 24.6 Å². The van der Waals surface area contributed by atoms with Crippen LogP contribution in [0.5, 0.6) is 0 Å². The Hall–Kier alpha value is -1.11. The molecule has 114 valence electrons. The molecule has 0 aliphatic rings. The fourth-order valence-electron chi connectivity index (χ4n) is 1.93. The van der Waals surface area contributed by atoms with Crippen molar-refractivity contribution in [3.05, 3.63) is 24.3 Å². The molecule has 0 heterocycles. The van der Waals surface area contributed by atoms with Crippen molar-refractivity contribution in [2.45, 2.75) is 38.1 Å². The van der Waals surface area contributed by atoms with Gasteiger partial charge in [0.25, 0.3) is 0 Å². The van der Waals surface area contributed by atoms with Crippen molar-refractivity contribution in [1.29, 1.82) is 0 Å². The van der Waals surface area contributed by atoms with Gasteiger partial charge in [-0.25, -0.2) is 13.1 Å². The Labute approximate surface area is 121 Å². The first kappa shape index (κ1) is 16.9. The number of anilines is 1. The highest BCUT2D eigenvalue weighted by atomic mass is 32.2. The smallest absolute Gasteiger partial charge is 0.240 e. The van der Waals surface area contributed by atoms with Crippen LogP contribution >= 0.6 is 0 Å². The Morgan fingerprint density at radius 1 is 1.25 bits per heavy atom. The number of aliphatic hydroxyl groups is 1. The van der Waals surface area contributed by atoms with Crippen LogP contribution in [0.4, 0.5) is 5.69 Å². The number of hydrogen-bond acceptors (Lipinski definition) is 4. The summed E-state index contributed by atoms with van der Waals surface area (Å²) in [5.74, 6) is 0. The molecule has 6 heteroatoms. The zero-order valence-corrected chi connectivity index (χ0v) is 13.2. The van der Waals surface area contributed by atoms with Crippen molar-refractivity contribution in [3.8, 4) is 0 Å². The lowest BCUT2D eigenvalue weighted by atomic mass is 10.2. The zero-order valence-electron chi connectivity index (χ0n) is 12.3. The van der Waals surface area contributed by atoms with E-state index in [9.17, 15) is 8.42 Å². The Balaban J connectivity index is 2.92. The normalized spacial score (nSPS) is 11.8. The van der Waals surface area contributed by atoms with Crippen LogP contribution in [0.3, 0.4) is 0 Å². The van der Waals surface area contributed by atoms with Crippen LogP contribution in [0, 0.1) is 0 Å². The summed E-state index contributed by atoms with van der Waals surface area (Å²) in [6.07, 6.45) is 0.759. The lowest BCUT2D eigenvalue weighted by Gasteiger charge is -2.28. The molecule has 0 aliphatic heterocycles. The summed E-state index contributed by atoms with van der Waals surface area (Å²) < 4.78 is 26.5. The van der Waals surface area contributed by atoms with E-state index in [1.165, 1.54) is 0 Å². The summed E-state index contributed by atoms with van der Waals surface area (Å²) >= 11 is 0. The van der Waals surface area contributed by atoms with Gasteiger partial charge < -0.3 is 10.0 Å². The number of benzene rings is 1. The van der Waals surface area contributed by atoms with E-state index in [4.69, 9.17) is 5.11 Å². The number of nitrogens with zero attached hydrogens (tertiary/aromatic N) is 1. The Morgan fingerprint density at radius 2 is 1.85 bits per heavy atom. The van der Waals surface area contributed by atoms with Crippen molar-refractivity contribution < 1.29 is 13.5 Å². The summed E-state index contributed by atoms with van der Waals surface area (Å²) in [7, 11) is -3.42. The first-order valence-electron chi connectivity index (χ1n) is 6.89. The standard InChI is InChI=1S/C14H24N2O3S/c1-4-9-15-20(18,19)14-7-5-13(6-8-14)16(10-11-17)12(2)3/h5-8,12,15,17H,4,9-11H2,1-3H3. The molecule has 0 saturated heterocycles. The molecule has 0 unspecified atom stereocenters. The maximum absolute atomic E-state index is 12.0. The Morgan fingerprint density at radius 3 is 2.30 bits per heavy atom. The van der Waals surface area contributed by atoms with E-state index in [0.717, 1.165) is 12.1 Å². The third-order valence-electron chi connectivity index (χ3n) is 2.98. The molecule has 5 nitrogen and oxygen atoms in total. The first-order chi connectivity index (χ1) is 9.42. The van der Waals surface area contributed by atoms with E-state index >= 15 is 0 Å². The van der Waals surface area contributed by atoms with Gasteiger partial charge in [-0.05, 0) is 44.5 Å². The van der Waals surface area contributed by atoms with Crippen LogP contribution in [0.15, 0.2) is 29.2 Å². The highest BCUT2D eigenvalue weighted by Crippen LogP contribution is 2.19. The van der Waals surface area contributed by atoms with Crippen LogP contribution in [0.2, 0.25) is 0 Å². The summed E-state index contributed by atoms with van der Waals surface area (Å²) in [4.78, 5) is 2.29. The fraction of sp³-hybridized carbons (Fsp3) is 0.571. The molecule has 1 rings (SSSR count). The Kier molecular flexibility index (Phi) is 6.45. The molecule has 0 amide bonds. The van der Waals surface area contributed by atoms with Crippen LogP contribution < -0.4 is 9.62 Å². The second-order valence-corrected chi connectivity index (χ2v) is 6.67. The molecule has 0 spiro atoms. The predicted molar refractivity (Wildman–Crippen MR) is 81.5 cm³/mol. The van der Waals surface area contributed by atoms with Crippen molar-refractivity contribution >= 4 is 15.7 Å². The third-order valence-corrected chi connectivity index (χ3v) is 4.46. The van der Waals surface area contributed by atoms with Gasteiger partial charge in [0, 0.05) is 24.8 Å². The van der Waals surface area contributed by atoms with Crippen LogP contribution in [-0.2, 0) is 10.0 Å². The molecule has 2 N–H and O–H groups in total. The molecule has 0 fully saturated rings. The summed E-state index contributed by atoms with van der Waals surface area (Å²) in [5, 5.41) is 9.08. The van der Waals surface area contributed by atoms with Gasteiger partial charge in [-0.15, -0.1) is 0 Å². The minimum atomic E-state index is -3.42. The summed E-state index contributed by atoms with van der Waals surface area (Å²) in [5.41, 5.74) is 0.906. The number of hydrogen-bond donors (Lipinski definition) is 2. The monoisotopic (exact) mass is 300 g/mol. The predicted octanol–water partition coefficient (Wildman–Crippen LogP) is 1.58. The maximum atomic E-state index is 12.0. The maximum Gasteiger partial charge on any atom is 0.240 e. The van der Waals surface area contributed by atoms with Crippen LogP contribution in [0.25, 0.3) is 0 Å². The first-order valence-corrected chi connectivity index (χ1v) is 8.38. The molecular weight excluding hydrogens is 276 g/mol. The fourth-order valence-corrected chi connectivity index (χ4v) is 3.06. The van der Waals surface area contributed by atoms with Crippen LogP contribution in [-0.4, -0.2) is 39.3 Å². The van der Waals surface area contributed by atoms with Gasteiger partial charge in [0.15, 0.2) is 0 Å². The summed E-state index contributed by atoms with van der Waals surface area (Å²) in [6, 6.07) is 6.98. The molecule has 0 bridgehead atoms. The van der Waals surface area contributed by atoms with Gasteiger partial charge in [-0.3, -0.25) is 0 Å². The second kappa shape index (κ2) is 7.61. The molecule has 20 heavy (non-hydrogen) atoms. The number of sulfonamides is 1. The van der Waals surface area contributed by atoms with Gasteiger partial charge in [-0.1, -0.05) is 6.92 Å². The molecular formula is C14H24N2O3S. The SMILES string of the molecule is CCCNS(=O)(=O)c1ccc(N(CCO)C(C)C)cc1. The van der Waals surface area contributed by atoms with Gasteiger partial charge in [-0.2, -0.15) is 0 Å². The van der Waals surface area contributed by atoms with Crippen molar-refractivity contribution in [1.82, 2.24) is 4.72 Å². The molecule has 1 aromatic carbocycles. The van der Waals surface area contributed by atoms with Crippen molar-refractivity contribution in [2.24, 2.45) is 0 Å². The number of nitrogens with one attached hydrogen (secondary N) is 1. The van der Waals surface area contributed by atoms with E-state index < -0.39 is 10.0 Å². The molecule has 1 aromatic rings. The average molecular weight is 300 g/mol. The number of aliphatic hydroxyl groups excluding tert-OH is 1. The minimum Gasteiger partial charge on any atom is -0.395 e. The zero-order chi connectivity index (χ0) is 15.2. The third kappa shape index (κ3) is 4.47. The van der Waals surface area contributed by atoms with Gasteiger partial charge >= 0.3 is 0 Å².